The number of nitrogens with zero attached hydrogens (tertiary/aromatic N) is 2. The molecule has 2 unspecified atom stereocenters. The van der Waals surface area contributed by atoms with E-state index in [4.69, 9.17) is 5.73 Å². The van der Waals surface area contributed by atoms with E-state index < -0.39 is 0 Å². The summed E-state index contributed by atoms with van der Waals surface area (Å²) in [5, 5.41) is 0. The molecule has 1 aromatic carbocycles. The second kappa shape index (κ2) is 6.29. The van der Waals surface area contributed by atoms with Gasteiger partial charge in [-0.1, -0.05) is 12.1 Å². The Morgan fingerprint density at radius 2 is 1.73 bits per heavy atom. The van der Waals surface area contributed by atoms with Crippen LogP contribution >= 0.6 is 0 Å². The molecular formula is C18H27N3O. The van der Waals surface area contributed by atoms with Crippen LogP contribution in [0.4, 0.5) is 5.69 Å². The van der Waals surface area contributed by atoms with Gasteiger partial charge < -0.3 is 15.5 Å². The molecule has 0 aromatic heterocycles. The topological polar surface area (TPSA) is 49.6 Å². The molecule has 2 N–H and O–H groups in total. The average Bonchev–Trinajstić information content (AvgIpc) is 2.48. The van der Waals surface area contributed by atoms with Crippen molar-refractivity contribution in [2.75, 3.05) is 31.9 Å². The molecule has 4 nitrogen and oxygen atoms in total. The first-order valence-corrected chi connectivity index (χ1v) is 8.37. The Labute approximate surface area is 133 Å². The van der Waals surface area contributed by atoms with Crippen molar-refractivity contribution in [1.82, 2.24) is 9.80 Å². The standard InChI is InChI=1S/C18H27N3O/c1-13(2)20-9-15-7-16(10-20)12-21(11-15)18(22)8-14-3-5-17(19)6-4-14/h3-6,13,15-16H,7-12,19H2,1-2H3. The van der Waals surface area contributed by atoms with E-state index in [1.807, 2.05) is 24.3 Å². The summed E-state index contributed by atoms with van der Waals surface area (Å²) in [6.07, 6.45) is 1.78. The number of piperidine rings is 2. The maximum atomic E-state index is 12.6. The molecule has 120 valence electrons. The molecule has 1 aromatic rings. The zero-order chi connectivity index (χ0) is 15.7. The Bertz CT molecular complexity index is 512. The van der Waals surface area contributed by atoms with Crippen molar-refractivity contribution in [3.8, 4) is 0 Å². The highest BCUT2D eigenvalue weighted by atomic mass is 16.2. The third-order valence-corrected chi connectivity index (χ3v) is 5.03. The smallest absolute Gasteiger partial charge is 0.227 e. The Kier molecular flexibility index (Phi) is 4.39. The fraction of sp³-hybridized carbons (Fsp3) is 0.611. The Balaban J connectivity index is 1.60. The number of carbonyl (C=O) groups excluding carboxylic acids is 1. The van der Waals surface area contributed by atoms with Crippen molar-refractivity contribution in [2.24, 2.45) is 11.8 Å². The summed E-state index contributed by atoms with van der Waals surface area (Å²) in [6.45, 7) is 8.66. The summed E-state index contributed by atoms with van der Waals surface area (Å²) < 4.78 is 0. The molecule has 0 aliphatic carbocycles. The van der Waals surface area contributed by atoms with Gasteiger partial charge in [-0.2, -0.15) is 0 Å². The molecule has 2 fully saturated rings. The number of nitrogen functional groups attached to an aromatic ring is 1. The molecule has 2 bridgehead atoms. The number of benzene rings is 1. The summed E-state index contributed by atoms with van der Waals surface area (Å²) in [5.41, 5.74) is 7.50. The second-order valence-electron chi connectivity index (χ2n) is 7.23. The summed E-state index contributed by atoms with van der Waals surface area (Å²) in [6, 6.07) is 8.27. The van der Waals surface area contributed by atoms with Gasteiger partial charge in [0, 0.05) is 37.9 Å². The molecule has 2 saturated heterocycles. The zero-order valence-corrected chi connectivity index (χ0v) is 13.7. The number of fused-ring (bicyclic) bond motifs is 2. The maximum Gasteiger partial charge on any atom is 0.227 e. The van der Waals surface area contributed by atoms with Crippen LogP contribution in [0.3, 0.4) is 0 Å². The van der Waals surface area contributed by atoms with Gasteiger partial charge in [-0.3, -0.25) is 4.79 Å². The number of hydrogen-bond donors (Lipinski definition) is 1. The minimum Gasteiger partial charge on any atom is -0.399 e. The molecule has 2 aliphatic rings. The molecule has 3 rings (SSSR count). The van der Waals surface area contributed by atoms with E-state index in [9.17, 15) is 4.79 Å². The summed E-state index contributed by atoms with van der Waals surface area (Å²) in [7, 11) is 0. The SMILES string of the molecule is CC(C)N1CC2CC(CN(C(=O)Cc3ccc(N)cc3)C2)C1. The van der Waals surface area contributed by atoms with Gasteiger partial charge in [-0.25, -0.2) is 0 Å². The van der Waals surface area contributed by atoms with E-state index in [1.54, 1.807) is 0 Å². The van der Waals surface area contributed by atoms with Gasteiger partial charge in [0.15, 0.2) is 0 Å². The van der Waals surface area contributed by atoms with Gasteiger partial charge >= 0.3 is 0 Å². The molecule has 2 atom stereocenters. The van der Waals surface area contributed by atoms with Crippen molar-refractivity contribution >= 4 is 11.6 Å². The van der Waals surface area contributed by atoms with E-state index in [-0.39, 0.29) is 5.91 Å². The van der Waals surface area contributed by atoms with Crippen molar-refractivity contribution in [1.29, 1.82) is 0 Å². The zero-order valence-electron chi connectivity index (χ0n) is 13.7. The maximum absolute atomic E-state index is 12.6. The Morgan fingerprint density at radius 1 is 1.14 bits per heavy atom. The number of likely N-dealkylation sites (tertiary alicyclic amines) is 2. The normalized spacial score (nSPS) is 25.5. The number of hydrogen-bond acceptors (Lipinski definition) is 3. The highest BCUT2D eigenvalue weighted by Crippen LogP contribution is 2.29. The van der Waals surface area contributed by atoms with Gasteiger partial charge in [0.25, 0.3) is 0 Å². The molecule has 22 heavy (non-hydrogen) atoms. The second-order valence-corrected chi connectivity index (χ2v) is 7.23. The lowest BCUT2D eigenvalue weighted by molar-refractivity contribution is -0.135. The van der Waals surface area contributed by atoms with Crippen LogP contribution in [0.5, 0.6) is 0 Å². The molecule has 2 heterocycles. The highest BCUT2D eigenvalue weighted by Gasteiger charge is 2.36. The lowest BCUT2D eigenvalue weighted by Crippen LogP contribution is -2.55. The first kappa shape index (κ1) is 15.3. The lowest BCUT2D eigenvalue weighted by Gasteiger charge is -2.47. The van der Waals surface area contributed by atoms with E-state index in [0.717, 1.165) is 37.4 Å². The van der Waals surface area contributed by atoms with Crippen LogP contribution in [-0.2, 0) is 11.2 Å². The molecule has 0 saturated carbocycles. The van der Waals surface area contributed by atoms with E-state index in [0.29, 0.717) is 24.3 Å². The van der Waals surface area contributed by atoms with Gasteiger partial charge in [0.1, 0.15) is 0 Å². The molecule has 4 heteroatoms. The summed E-state index contributed by atoms with van der Waals surface area (Å²) >= 11 is 0. The van der Waals surface area contributed by atoms with Crippen LogP contribution in [0, 0.1) is 11.8 Å². The lowest BCUT2D eigenvalue weighted by atomic mass is 9.84. The van der Waals surface area contributed by atoms with Gasteiger partial charge in [-0.05, 0) is 49.8 Å². The van der Waals surface area contributed by atoms with E-state index in [1.165, 1.54) is 6.42 Å². The molecule has 2 aliphatic heterocycles. The highest BCUT2D eigenvalue weighted by molar-refractivity contribution is 5.79. The number of nitrogens with two attached hydrogens (primary N) is 1. The quantitative estimate of drug-likeness (QED) is 0.869. The molecule has 1 amide bonds. The van der Waals surface area contributed by atoms with Crippen molar-refractivity contribution in [2.45, 2.75) is 32.7 Å². The van der Waals surface area contributed by atoms with Crippen LogP contribution in [-0.4, -0.2) is 47.9 Å². The Hall–Kier alpha value is -1.55. The third kappa shape index (κ3) is 3.43. The molecular weight excluding hydrogens is 274 g/mol. The van der Waals surface area contributed by atoms with Crippen molar-refractivity contribution in [3.63, 3.8) is 0 Å². The first-order chi connectivity index (χ1) is 10.5. The minimum absolute atomic E-state index is 0.262. The fourth-order valence-electron chi connectivity index (χ4n) is 3.87. The van der Waals surface area contributed by atoms with E-state index in [2.05, 4.69) is 23.6 Å². The monoisotopic (exact) mass is 301 g/mol. The summed E-state index contributed by atoms with van der Waals surface area (Å²) in [5.74, 6) is 1.55. The van der Waals surface area contributed by atoms with Gasteiger partial charge in [0.2, 0.25) is 5.91 Å². The predicted molar refractivity (Wildman–Crippen MR) is 89.4 cm³/mol. The average molecular weight is 301 g/mol. The van der Waals surface area contributed by atoms with Gasteiger partial charge in [-0.15, -0.1) is 0 Å². The van der Waals surface area contributed by atoms with Crippen LogP contribution in [0.25, 0.3) is 0 Å². The number of rotatable bonds is 3. The van der Waals surface area contributed by atoms with E-state index >= 15 is 0 Å². The third-order valence-electron chi connectivity index (χ3n) is 5.03. The summed E-state index contributed by atoms with van der Waals surface area (Å²) in [4.78, 5) is 17.2. The van der Waals surface area contributed by atoms with Gasteiger partial charge in [0.05, 0.1) is 6.42 Å². The van der Waals surface area contributed by atoms with Crippen LogP contribution < -0.4 is 5.73 Å². The van der Waals surface area contributed by atoms with Crippen molar-refractivity contribution in [3.05, 3.63) is 29.8 Å². The first-order valence-electron chi connectivity index (χ1n) is 8.37. The van der Waals surface area contributed by atoms with Crippen LogP contribution in [0.2, 0.25) is 0 Å². The van der Waals surface area contributed by atoms with Crippen molar-refractivity contribution < 1.29 is 4.79 Å². The Morgan fingerprint density at radius 3 is 2.27 bits per heavy atom. The predicted octanol–water partition coefficient (Wildman–Crippen LogP) is 2.00. The molecule has 0 spiro atoms. The number of carbonyl (C=O) groups is 1. The number of anilines is 1. The van der Waals surface area contributed by atoms with Crippen LogP contribution in [0.15, 0.2) is 24.3 Å². The largest absolute Gasteiger partial charge is 0.399 e. The molecule has 0 radical (unpaired) electrons. The van der Waals surface area contributed by atoms with Crippen LogP contribution in [0.1, 0.15) is 25.8 Å². The number of amides is 1. The fourth-order valence-corrected chi connectivity index (χ4v) is 3.87. The minimum atomic E-state index is 0.262.